The number of amides is 1. The molecule has 0 saturated carbocycles. The SMILES string of the molecule is CC(NC(=O)CC1CCS(=O)(=O)C1)c1cccc(C(F)(F)F)c1. The molecule has 1 aliphatic heterocycles. The van der Waals surface area contributed by atoms with Crippen LogP contribution in [0.3, 0.4) is 0 Å². The number of carbonyl (C=O) groups is 1. The Hall–Kier alpha value is -1.57. The van der Waals surface area contributed by atoms with Crippen molar-refractivity contribution in [2.75, 3.05) is 11.5 Å². The molecule has 1 aromatic carbocycles. The van der Waals surface area contributed by atoms with Crippen LogP contribution >= 0.6 is 0 Å². The molecule has 1 saturated heterocycles. The molecule has 1 fully saturated rings. The third-order valence-electron chi connectivity index (χ3n) is 3.89. The van der Waals surface area contributed by atoms with Crippen LogP contribution in [0.4, 0.5) is 13.2 Å². The quantitative estimate of drug-likeness (QED) is 0.909. The van der Waals surface area contributed by atoms with Gasteiger partial charge in [-0.25, -0.2) is 8.42 Å². The van der Waals surface area contributed by atoms with E-state index in [1.165, 1.54) is 12.1 Å². The average Bonchev–Trinajstić information content (AvgIpc) is 2.76. The minimum absolute atomic E-state index is 0.00163. The summed E-state index contributed by atoms with van der Waals surface area (Å²) in [4.78, 5) is 11.9. The van der Waals surface area contributed by atoms with E-state index in [1.807, 2.05) is 0 Å². The van der Waals surface area contributed by atoms with E-state index in [0.29, 0.717) is 12.0 Å². The molecule has 8 heteroatoms. The minimum Gasteiger partial charge on any atom is -0.350 e. The van der Waals surface area contributed by atoms with Crippen LogP contribution < -0.4 is 5.32 Å². The molecule has 0 aromatic heterocycles. The van der Waals surface area contributed by atoms with E-state index in [4.69, 9.17) is 0 Å². The normalized spacial score (nSPS) is 21.8. The van der Waals surface area contributed by atoms with Gasteiger partial charge in [0.2, 0.25) is 5.91 Å². The first kappa shape index (κ1) is 17.8. The number of sulfone groups is 1. The largest absolute Gasteiger partial charge is 0.416 e. The molecule has 0 spiro atoms. The summed E-state index contributed by atoms with van der Waals surface area (Å²) in [6.07, 6.45) is -3.91. The van der Waals surface area contributed by atoms with Gasteiger partial charge >= 0.3 is 6.18 Å². The summed E-state index contributed by atoms with van der Waals surface area (Å²) in [6, 6.07) is 4.21. The summed E-state index contributed by atoms with van der Waals surface area (Å²) in [5, 5.41) is 2.63. The van der Waals surface area contributed by atoms with Crippen molar-refractivity contribution in [2.45, 2.75) is 32.0 Å². The van der Waals surface area contributed by atoms with Gasteiger partial charge in [0.15, 0.2) is 9.84 Å². The van der Waals surface area contributed by atoms with Gasteiger partial charge in [-0.1, -0.05) is 12.1 Å². The fourth-order valence-corrected chi connectivity index (χ4v) is 4.53. The number of benzene rings is 1. The van der Waals surface area contributed by atoms with E-state index < -0.39 is 27.6 Å². The number of hydrogen-bond acceptors (Lipinski definition) is 3. The van der Waals surface area contributed by atoms with Crippen molar-refractivity contribution in [1.29, 1.82) is 0 Å². The Morgan fingerprint density at radius 1 is 1.39 bits per heavy atom. The number of rotatable bonds is 4. The Morgan fingerprint density at radius 2 is 2.09 bits per heavy atom. The molecule has 23 heavy (non-hydrogen) atoms. The third kappa shape index (κ3) is 4.95. The molecular formula is C15H18F3NO3S. The lowest BCUT2D eigenvalue weighted by atomic mass is 10.0. The Bertz CT molecular complexity index is 685. The van der Waals surface area contributed by atoms with Gasteiger partial charge in [0.05, 0.1) is 23.1 Å². The van der Waals surface area contributed by atoms with Gasteiger partial charge in [0.25, 0.3) is 0 Å². The van der Waals surface area contributed by atoms with Crippen molar-refractivity contribution in [2.24, 2.45) is 5.92 Å². The Balaban J connectivity index is 1.96. The maximum absolute atomic E-state index is 12.7. The minimum atomic E-state index is -4.43. The van der Waals surface area contributed by atoms with E-state index in [-0.39, 0.29) is 29.8 Å². The lowest BCUT2D eigenvalue weighted by Gasteiger charge is -2.17. The first-order valence-corrected chi connectivity index (χ1v) is 9.06. The third-order valence-corrected chi connectivity index (χ3v) is 5.73. The average molecular weight is 349 g/mol. The van der Waals surface area contributed by atoms with Gasteiger partial charge in [-0.15, -0.1) is 0 Å². The Morgan fingerprint density at radius 3 is 2.65 bits per heavy atom. The Kier molecular flexibility index (Phi) is 5.03. The van der Waals surface area contributed by atoms with Gasteiger partial charge in [0.1, 0.15) is 0 Å². The summed E-state index contributed by atoms with van der Waals surface area (Å²) in [5.41, 5.74) is -0.412. The number of alkyl halides is 3. The van der Waals surface area contributed by atoms with Crippen LogP contribution in [-0.2, 0) is 20.8 Å². The molecule has 1 aromatic rings. The maximum atomic E-state index is 12.7. The number of carbonyl (C=O) groups excluding carboxylic acids is 1. The van der Waals surface area contributed by atoms with Crippen LogP contribution in [0.2, 0.25) is 0 Å². The monoisotopic (exact) mass is 349 g/mol. The zero-order valence-electron chi connectivity index (χ0n) is 12.6. The van der Waals surface area contributed by atoms with Gasteiger partial charge in [-0.2, -0.15) is 13.2 Å². The summed E-state index contributed by atoms with van der Waals surface area (Å²) in [6.45, 7) is 1.60. The second kappa shape index (κ2) is 6.51. The highest BCUT2D eigenvalue weighted by Gasteiger charge is 2.31. The summed E-state index contributed by atoms with van der Waals surface area (Å²) < 4.78 is 60.8. The molecule has 0 aliphatic carbocycles. The molecule has 1 aliphatic rings. The van der Waals surface area contributed by atoms with Gasteiger partial charge in [-0.3, -0.25) is 4.79 Å². The van der Waals surface area contributed by atoms with Crippen LogP contribution in [0.5, 0.6) is 0 Å². The standard InChI is InChI=1S/C15H18F3NO3S/c1-10(12-3-2-4-13(8-12)15(16,17)18)19-14(20)7-11-5-6-23(21,22)9-11/h2-4,8,10-11H,5-7,9H2,1H3,(H,19,20). The smallest absolute Gasteiger partial charge is 0.350 e. The highest BCUT2D eigenvalue weighted by molar-refractivity contribution is 7.91. The lowest BCUT2D eigenvalue weighted by molar-refractivity contribution is -0.137. The topological polar surface area (TPSA) is 63.2 Å². The molecule has 4 nitrogen and oxygen atoms in total. The second-order valence-electron chi connectivity index (χ2n) is 5.89. The number of halogens is 3. The van der Waals surface area contributed by atoms with E-state index in [2.05, 4.69) is 5.32 Å². The summed E-state index contributed by atoms with van der Waals surface area (Å²) in [7, 11) is -3.05. The molecule has 0 bridgehead atoms. The van der Waals surface area contributed by atoms with E-state index in [0.717, 1.165) is 12.1 Å². The van der Waals surface area contributed by atoms with Crippen LogP contribution in [0.25, 0.3) is 0 Å². The first-order valence-electron chi connectivity index (χ1n) is 7.24. The molecule has 2 rings (SSSR count). The maximum Gasteiger partial charge on any atom is 0.416 e. The van der Waals surface area contributed by atoms with Gasteiger partial charge in [0, 0.05) is 6.42 Å². The van der Waals surface area contributed by atoms with Crippen molar-refractivity contribution >= 4 is 15.7 Å². The van der Waals surface area contributed by atoms with Crippen LogP contribution in [-0.4, -0.2) is 25.8 Å². The molecule has 1 amide bonds. The van der Waals surface area contributed by atoms with Crippen molar-refractivity contribution in [3.63, 3.8) is 0 Å². The molecular weight excluding hydrogens is 331 g/mol. The molecule has 1 N–H and O–H groups in total. The highest BCUT2D eigenvalue weighted by Crippen LogP contribution is 2.30. The van der Waals surface area contributed by atoms with Crippen LogP contribution in [0.1, 0.15) is 36.9 Å². The van der Waals surface area contributed by atoms with E-state index in [9.17, 15) is 26.4 Å². The second-order valence-corrected chi connectivity index (χ2v) is 8.11. The van der Waals surface area contributed by atoms with Crippen molar-refractivity contribution in [3.05, 3.63) is 35.4 Å². The number of nitrogens with one attached hydrogen (secondary N) is 1. The van der Waals surface area contributed by atoms with Crippen molar-refractivity contribution in [3.8, 4) is 0 Å². The zero-order chi connectivity index (χ0) is 17.3. The highest BCUT2D eigenvalue weighted by atomic mass is 32.2. The summed E-state index contributed by atoms with van der Waals surface area (Å²) >= 11 is 0. The fraction of sp³-hybridized carbons (Fsp3) is 0.533. The molecule has 128 valence electrons. The summed E-state index contributed by atoms with van der Waals surface area (Å²) in [5.74, 6) is -0.474. The lowest BCUT2D eigenvalue weighted by Crippen LogP contribution is -2.28. The van der Waals surface area contributed by atoms with Crippen LogP contribution in [0, 0.1) is 5.92 Å². The van der Waals surface area contributed by atoms with Crippen molar-refractivity contribution in [1.82, 2.24) is 5.32 Å². The van der Waals surface area contributed by atoms with Crippen molar-refractivity contribution < 1.29 is 26.4 Å². The Labute approximate surface area is 133 Å². The molecule has 2 unspecified atom stereocenters. The van der Waals surface area contributed by atoms with E-state index in [1.54, 1.807) is 6.92 Å². The molecule has 0 radical (unpaired) electrons. The fourth-order valence-electron chi connectivity index (χ4n) is 2.66. The molecule has 1 heterocycles. The van der Waals surface area contributed by atoms with E-state index >= 15 is 0 Å². The predicted octanol–water partition coefficient (Wildman–Crippen LogP) is 2.71. The van der Waals surface area contributed by atoms with Gasteiger partial charge in [-0.05, 0) is 37.0 Å². The zero-order valence-corrected chi connectivity index (χ0v) is 13.4. The molecule has 2 atom stereocenters. The first-order chi connectivity index (χ1) is 10.6. The number of hydrogen-bond donors (Lipinski definition) is 1. The van der Waals surface area contributed by atoms with Crippen LogP contribution in [0.15, 0.2) is 24.3 Å². The van der Waals surface area contributed by atoms with Gasteiger partial charge < -0.3 is 5.32 Å². The predicted molar refractivity (Wildman–Crippen MR) is 79.4 cm³/mol.